The van der Waals surface area contributed by atoms with Crippen LogP contribution in [0.3, 0.4) is 0 Å². The molecule has 1 aromatic heterocycles. The third kappa shape index (κ3) is 4.71. The van der Waals surface area contributed by atoms with Crippen molar-refractivity contribution in [2.45, 2.75) is 25.7 Å². The minimum Gasteiger partial charge on any atom is -0.454 e. The largest absolute Gasteiger partial charge is 0.454 e. The van der Waals surface area contributed by atoms with Crippen molar-refractivity contribution in [3.63, 3.8) is 0 Å². The lowest BCUT2D eigenvalue weighted by atomic mass is 10.0. The first-order valence-electron chi connectivity index (χ1n) is 9.63. The first kappa shape index (κ1) is 20.8. The van der Waals surface area contributed by atoms with Gasteiger partial charge in [0, 0.05) is 45.3 Å². The standard InChI is InChI=1S/C20H27N5O2.HI/c1-3-21-20(25-9-7-16(13-25)17-11-23-24(2)12-17)22-8-6-15-4-5-18-19(10-15)27-14-26-18;/h4-5,10-12,16H,3,6-9,13-14H2,1-2H3,(H,21,22);1H. The van der Waals surface area contributed by atoms with E-state index >= 15 is 0 Å². The average molecular weight is 497 g/mol. The lowest BCUT2D eigenvalue weighted by Gasteiger charge is -2.21. The van der Waals surface area contributed by atoms with Gasteiger partial charge in [0.25, 0.3) is 0 Å². The molecule has 1 saturated heterocycles. The highest BCUT2D eigenvalue weighted by Crippen LogP contribution is 2.32. The summed E-state index contributed by atoms with van der Waals surface area (Å²) < 4.78 is 12.7. The fraction of sp³-hybridized carbons (Fsp3) is 0.500. The number of fused-ring (bicyclic) bond motifs is 1. The molecule has 2 aliphatic rings. The average Bonchev–Trinajstić information content (AvgIpc) is 3.40. The first-order chi connectivity index (χ1) is 13.2. The van der Waals surface area contributed by atoms with E-state index in [1.807, 2.05) is 24.0 Å². The maximum atomic E-state index is 5.46. The van der Waals surface area contributed by atoms with Gasteiger partial charge in [-0.3, -0.25) is 9.67 Å². The summed E-state index contributed by atoms with van der Waals surface area (Å²) in [6.07, 6.45) is 6.12. The predicted octanol–water partition coefficient (Wildman–Crippen LogP) is 2.76. The number of hydrogen-bond donors (Lipinski definition) is 1. The van der Waals surface area contributed by atoms with E-state index < -0.39 is 0 Å². The SMILES string of the molecule is CCNC(=NCCc1ccc2c(c1)OCO2)N1CCC(c2cnn(C)c2)C1.I. The Bertz CT molecular complexity index is 823. The summed E-state index contributed by atoms with van der Waals surface area (Å²) in [7, 11) is 1.97. The molecule has 152 valence electrons. The number of guanidine groups is 1. The molecule has 0 spiro atoms. The summed E-state index contributed by atoms with van der Waals surface area (Å²) in [5.74, 6) is 3.19. The van der Waals surface area contributed by atoms with E-state index in [2.05, 4.69) is 40.6 Å². The van der Waals surface area contributed by atoms with Gasteiger partial charge in [-0.25, -0.2) is 0 Å². The number of aryl methyl sites for hydroxylation is 1. The van der Waals surface area contributed by atoms with Gasteiger partial charge in [0.1, 0.15) is 0 Å². The molecule has 2 aliphatic heterocycles. The Kier molecular flexibility index (Phi) is 7.03. The highest BCUT2D eigenvalue weighted by Gasteiger charge is 2.26. The van der Waals surface area contributed by atoms with Crippen molar-refractivity contribution >= 4 is 29.9 Å². The fourth-order valence-electron chi connectivity index (χ4n) is 3.69. The molecule has 1 unspecified atom stereocenters. The van der Waals surface area contributed by atoms with Gasteiger partial charge in [0.05, 0.1) is 6.20 Å². The van der Waals surface area contributed by atoms with Gasteiger partial charge in [-0.15, -0.1) is 24.0 Å². The smallest absolute Gasteiger partial charge is 0.231 e. The topological polar surface area (TPSA) is 63.9 Å². The lowest BCUT2D eigenvalue weighted by molar-refractivity contribution is 0.174. The molecule has 0 amide bonds. The number of halogens is 1. The van der Waals surface area contributed by atoms with Crippen molar-refractivity contribution in [3.05, 3.63) is 41.7 Å². The van der Waals surface area contributed by atoms with Crippen LogP contribution in [-0.2, 0) is 13.5 Å². The molecule has 1 aromatic carbocycles. The van der Waals surface area contributed by atoms with Gasteiger partial charge in [0.2, 0.25) is 6.79 Å². The fourth-order valence-corrected chi connectivity index (χ4v) is 3.69. The maximum Gasteiger partial charge on any atom is 0.231 e. The van der Waals surface area contributed by atoms with Crippen LogP contribution >= 0.6 is 24.0 Å². The minimum absolute atomic E-state index is 0. The summed E-state index contributed by atoms with van der Waals surface area (Å²) in [6.45, 7) is 6.06. The van der Waals surface area contributed by atoms with Crippen molar-refractivity contribution in [1.29, 1.82) is 0 Å². The van der Waals surface area contributed by atoms with Crippen LogP contribution in [0.4, 0.5) is 0 Å². The maximum absolute atomic E-state index is 5.46. The van der Waals surface area contributed by atoms with E-state index in [0.29, 0.717) is 12.7 Å². The molecule has 1 atom stereocenters. The Hall–Kier alpha value is -1.97. The van der Waals surface area contributed by atoms with E-state index in [1.54, 1.807) is 0 Å². The number of rotatable bonds is 5. The molecule has 0 aliphatic carbocycles. The molecule has 7 nitrogen and oxygen atoms in total. The van der Waals surface area contributed by atoms with Crippen LogP contribution in [0.25, 0.3) is 0 Å². The van der Waals surface area contributed by atoms with Gasteiger partial charge in [-0.2, -0.15) is 5.10 Å². The summed E-state index contributed by atoms with van der Waals surface area (Å²) >= 11 is 0. The predicted molar refractivity (Wildman–Crippen MR) is 120 cm³/mol. The Morgan fingerprint density at radius 2 is 2.18 bits per heavy atom. The molecule has 8 heteroatoms. The van der Waals surface area contributed by atoms with Crippen molar-refractivity contribution in [1.82, 2.24) is 20.0 Å². The van der Waals surface area contributed by atoms with Crippen molar-refractivity contribution in [2.75, 3.05) is 33.0 Å². The van der Waals surface area contributed by atoms with Gasteiger partial charge >= 0.3 is 0 Å². The van der Waals surface area contributed by atoms with Crippen LogP contribution in [0, 0.1) is 0 Å². The molecule has 0 radical (unpaired) electrons. The van der Waals surface area contributed by atoms with E-state index in [0.717, 1.165) is 56.5 Å². The minimum atomic E-state index is 0. The summed E-state index contributed by atoms with van der Waals surface area (Å²) in [5, 5.41) is 7.75. The molecule has 0 bridgehead atoms. The van der Waals surface area contributed by atoms with E-state index in [-0.39, 0.29) is 24.0 Å². The third-order valence-corrected chi connectivity index (χ3v) is 5.12. The second kappa shape index (κ2) is 9.49. The normalized spacial score (nSPS) is 18.3. The number of hydrogen-bond acceptors (Lipinski definition) is 4. The van der Waals surface area contributed by atoms with Gasteiger partial charge in [-0.05, 0) is 43.0 Å². The second-order valence-electron chi connectivity index (χ2n) is 7.05. The van der Waals surface area contributed by atoms with Gasteiger partial charge < -0.3 is 19.7 Å². The first-order valence-corrected chi connectivity index (χ1v) is 9.63. The van der Waals surface area contributed by atoms with Crippen molar-refractivity contribution in [3.8, 4) is 11.5 Å². The molecular formula is C20H28IN5O2. The highest BCUT2D eigenvalue weighted by atomic mass is 127. The highest BCUT2D eigenvalue weighted by molar-refractivity contribution is 14.0. The number of nitrogens with one attached hydrogen (secondary N) is 1. The third-order valence-electron chi connectivity index (χ3n) is 5.12. The number of aliphatic imine (C=N–C) groups is 1. The van der Waals surface area contributed by atoms with Crippen LogP contribution in [0.2, 0.25) is 0 Å². The number of nitrogens with zero attached hydrogens (tertiary/aromatic N) is 4. The molecular weight excluding hydrogens is 469 g/mol. The molecule has 4 rings (SSSR count). The second-order valence-corrected chi connectivity index (χ2v) is 7.05. The number of ether oxygens (including phenoxy) is 2. The van der Waals surface area contributed by atoms with Crippen LogP contribution in [-0.4, -0.2) is 53.6 Å². The van der Waals surface area contributed by atoms with E-state index in [1.165, 1.54) is 11.1 Å². The zero-order chi connectivity index (χ0) is 18.6. The van der Waals surface area contributed by atoms with Crippen LogP contribution in [0.1, 0.15) is 30.4 Å². The van der Waals surface area contributed by atoms with Gasteiger partial charge in [0.15, 0.2) is 17.5 Å². The van der Waals surface area contributed by atoms with E-state index in [9.17, 15) is 0 Å². The zero-order valence-corrected chi connectivity index (χ0v) is 18.8. The molecule has 28 heavy (non-hydrogen) atoms. The van der Waals surface area contributed by atoms with Gasteiger partial charge in [-0.1, -0.05) is 6.07 Å². The number of aromatic nitrogens is 2. The molecule has 1 fully saturated rings. The van der Waals surface area contributed by atoms with E-state index in [4.69, 9.17) is 14.5 Å². The Balaban J connectivity index is 0.00000225. The molecule has 0 saturated carbocycles. The number of likely N-dealkylation sites (tertiary alicyclic amines) is 1. The Labute approximate surface area is 183 Å². The van der Waals surface area contributed by atoms with Crippen molar-refractivity contribution < 1.29 is 9.47 Å². The summed E-state index contributed by atoms with van der Waals surface area (Å²) in [5.41, 5.74) is 2.53. The number of benzene rings is 1. The van der Waals surface area contributed by atoms with Crippen LogP contribution < -0.4 is 14.8 Å². The quantitative estimate of drug-likeness (QED) is 0.391. The lowest BCUT2D eigenvalue weighted by Crippen LogP contribution is -2.40. The zero-order valence-electron chi connectivity index (χ0n) is 16.4. The van der Waals surface area contributed by atoms with Crippen LogP contribution in [0.5, 0.6) is 11.5 Å². The molecule has 1 N–H and O–H groups in total. The van der Waals surface area contributed by atoms with Crippen LogP contribution in [0.15, 0.2) is 35.6 Å². The van der Waals surface area contributed by atoms with Crippen molar-refractivity contribution in [2.24, 2.45) is 12.0 Å². The monoisotopic (exact) mass is 497 g/mol. The summed E-state index contributed by atoms with van der Waals surface area (Å²) in [6, 6.07) is 6.12. The Morgan fingerprint density at radius 3 is 2.96 bits per heavy atom. The summed E-state index contributed by atoms with van der Waals surface area (Å²) in [4.78, 5) is 7.22. The molecule has 3 heterocycles. The molecule has 2 aromatic rings. The Morgan fingerprint density at radius 1 is 1.32 bits per heavy atom.